The Morgan fingerprint density at radius 3 is 2.77 bits per heavy atom. The van der Waals surface area contributed by atoms with Crippen LogP contribution in [-0.2, 0) is 17.8 Å². The van der Waals surface area contributed by atoms with E-state index in [2.05, 4.69) is 4.98 Å². The summed E-state index contributed by atoms with van der Waals surface area (Å²) in [5.74, 6) is -0.247. The highest BCUT2D eigenvalue weighted by Gasteiger charge is 2.38. The van der Waals surface area contributed by atoms with Crippen LogP contribution in [0, 0.1) is 5.82 Å². The van der Waals surface area contributed by atoms with Crippen molar-refractivity contribution in [2.24, 2.45) is 0 Å². The van der Waals surface area contributed by atoms with Crippen molar-refractivity contribution >= 4 is 5.91 Å². The van der Waals surface area contributed by atoms with Crippen molar-refractivity contribution in [2.45, 2.75) is 25.0 Å². The van der Waals surface area contributed by atoms with Gasteiger partial charge in [-0.25, -0.2) is 4.39 Å². The van der Waals surface area contributed by atoms with Crippen molar-refractivity contribution < 1.29 is 14.3 Å². The first-order valence-electron chi connectivity index (χ1n) is 8.76. The highest BCUT2D eigenvalue weighted by atomic mass is 19.1. The van der Waals surface area contributed by atoms with Crippen LogP contribution < -0.4 is 0 Å². The van der Waals surface area contributed by atoms with Gasteiger partial charge in [0, 0.05) is 32.0 Å². The Bertz CT molecular complexity index is 738. The van der Waals surface area contributed by atoms with E-state index in [1.54, 1.807) is 29.4 Å². The molecule has 0 spiro atoms. The quantitative estimate of drug-likeness (QED) is 0.857. The first kappa shape index (κ1) is 18.5. The summed E-state index contributed by atoms with van der Waals surface area (Å²) in [6.07, 6.45) is 4.23. The molecule has 1 aliphatic rings. The van der Waals surface area contributed by atoms with E-state index < -0.39 is 5.60 Å². The Morgan fingerprint density at radius 1 is 1.31 bits per heavy atom. The fourth-order valence-electron chi connectivity index (χ4n) is 3.45. The Balaban J connectivity index is 1.52. The fourth-order valence-corrected chi connectivity index (χ4v) is 3.45. The molecule has 2 heterocycles. The number of carbonyl (C=O) groups excluding carboxylic acids is 1. The zero-order valence-corrected chi connectivity index (χ0v) is 14.9. The number of amides is 1. The molecule has 1 atom stereocenters. The van der Waals surface area contributed by atoms with Crippen molar-refractivity contribution in [1.82, 2.24) is 14.8 Å². The normalized spacial score (nSPS) is 19.9. The minimum absolute atomic E-state index is 0.00936. The average molecular weight is 357 g/mol. The summed E-state index contributed by atoms with van der Waals surface area (Å²) in [4.78, 5) is 20.2. The number of hydrogen-bond donors (Lipinski definition) is 1. The number of rotatable bonds is 6. The van der Waals surface area contributed by atoms with E-state index in [1.165, 1.54) is 12.1 Å². The molecule has 5 nitrogen and oxygen atoms in total. The number of pyridine rings is 1. The lowest BCUT2D eigenvalue weighted by atomic mass is 10.0. The molecule has 1 amide bonds. The van der Waals surface area contributed by atoms with Crippen molar-refractivity contribution in [3.05, 3.63) is 65.7 Å². The largest absolute Gasteiger partial charge is 0.387 e. The molecule has 26 heavy (non-hydrogen) atoms. The number of aliphatic hydroxyl groups is 1. The molecule has 1 N–H and O–H groups in total. The van der Waals surface area contributed by atoms with Gasteiger partial charge < -0.3 is 10.0 Å². The summed E-state index contributed by atoms with van der Waals surface area (Å²) in [6.45, 7) is 1.97. The number of likely N-dealkylation sites (tertiary alicyclic amines) is 1. The molecule has 1 fully saturated rings. The fraction of sp³-hybridized carbons (Fsp3) is 0.400. The van der Waals surface area contributed by atoms with Gasteiger partial charge in [-0.05, 0) is 42.8 Å². The highest BCUT2D eigenvalue weighted by molar-refractivity contribution is 5.79. The summed E-state index contributed by atoms with van der Waals surface area (Å²) < 4.78 is 13.0. The second kappa shape index (κ2) is 7.93. The number of β-amino-alcohol motifs (C(OH)–C–C–N with tert-alkyl or cyclic N) is 1. The van der Waals surface area contributed by atoms with Gasteiger partial charge in [0.05, 0.1) is 18.6 Å². The van der Waals surface area contributed by atoms with Gasteiger partial charge in [-0.3, -0.25) is 14.7 Å². The first-order chi connectivity index (χ1) is 12.4. The lowest BCUT2D eigenvalue weighted by Crippen LogP contribution is -2.44. The van der Waals surface area contributed by atoms with Crippen molar-refractivity contribution in [2.75, 3.05) is 26.7 Å². The first-order valence-corrected chi connectivity index (χ1v) is 8.76. The van der Waals surface area contributed by atoms with E-state index in [0.29, 0.717) is 39.0 Å². The van der Waals surface area contributed by atoms with Gasteiger partial charge in [-0.2, -0.15) is 0 Å². The lowest BCUT2D eigenvalue weighted by molar-refractivity contribution is -0.130. The minimum Gasteiger partial charge on any atom is -0.387 e. The molecule has 0 saturated carbocycles. The van der Waals surface area contributed by atoms with E-state index >= 15 is 0 Å². The van der Waals surface area contributed by atoms with Gasteiger partial charge in [0.2, 0.25) is 5.91 Å². The van der Waals surface area contributed by atoms with Gasteiger partial charge >= 0.3 is 0 Å². The van der Waals surface area contributed by atoms with E-state index in [-0.39, 0.29) is 11.7 Å². The summed E-state index contributed by atoms with van der Waals surface area (Å²) >= 11 is 0. The number of nitrogens with zero attached hydrogens (tertiary/aromatic N) is 3. The van der Waals surface area contributed by atoms with E-state index in [9.17, 15) is 14.3 Å². The van der Waals surface area contributed by atoms with Gasteiger partial charge in [-0.1, -0.05) is 18.2 Å². The second-order valence-electron chi connectivity index (χ2n) is 7.13. The van der Waals surface area contributed by atoms with Crippen molar-refractivity contribution in [3.8, 4) is 0 Å². The third-order valence-electron chi connectivity index (χ3n) is 4.69. The third kappa shape index (κ3) is 4.86. The Morgan fingerprint density at radius 2 is 2.08 bits per heavy atom. The third-order valence-corrected chi connectivity index (χ3v) is 4.69. The number of halogens is 1. The molecule has 1 aliphatic heterocycles. The zero-order valence-electron chi connectivity index (χ0n) is 14.9. The summed E-state index contributed by atoms with van der Waals surface area (Å²) in [7, 11) is 1.92. The number of aromatic nitrogens is 1. The molecule has 6 heteroatoms. The molecule has 1 saturated heterocycles. The maximum atomic E-state index is 13.0. The molecular weight excluding hydrogens is 333 g/mol. The van der Waals surface area contributed by atoms with Crippen molar-refractivity contribution in [1.29, 1.82) is 0 Å². The highest BCUT2D eigenvalue weighted by Crippen LogP contribution is 2.23. The predicted molar refractivity (Wildman–Crippen MR) is 96.8 cm³/mol. The summed E-state index contributed by atoms with van der Waals surface area (Å²) in [5.41, 5.74) is 0.945. The summed E-state index contributed by atoms with van der Waals surface area (Å²) in [5, 5.41) is 10.9. The van der Waals surface area contributed by atoms with Gasteiger partial charge in [0.25, 0.3) is 0 Å². The van der Waals surface area contributed by atoms with E-state index in [1.807, 2.05) is 24.1 Å². The number of likely N-dealkylation sites (N-methyl/N-ethyl adjacent to an activating group) is 1. The van der Waals surface area contributed by atoms with E-state index in [0.717, 1.165) is 11.1 Å². The van der Waals surface area contributed by atoms with Crippen LogP contribution in [0.3, 0.4) is 0 Å². The number of benzene rings is 1. The second-order valence-corrected chi connectivity index (χ2v) is 7.13. The maximum Gasteiger partial charge on any atom is 0.227 e. The van der Waals surface area contributed by atoms with Crippen LogP contribution in [0.1, 0.15) is 17.5 Å². The van der Waals surface area contributed by atoms with Crippen LogP contribution in [0.2, 0.25) is 0 Å². The van der Waals surface area contributed by atoms with Crippen molar-refractivity contribution in [3.63, 3.8) is 0 Å². The van der Waals surface area contributed by atoms with Gasteiger partial charge in [0.1, 0.15) is 5.82 Å². The van der Waals surface area contributed by atoms with Crippen LogP contribution >= 0.6 is 0 Å². The zero-order chi connectivity index (χ0) is 18.6. The van der Waals surface area contributed by atoms with Crippen LogP contribution in [0.4, 0.5) is 4.39 Å². The van der Waals surface area contributed by atoms with Gasteiger partial charge in [0.15, 0.2) is 0 Å². The Kier molecular flexibility index (Phi) is 5.64. The molecule has 0 radical (unpaired) electrons. The molecule has 1 aromatic heterocycles. The minimum atomic E-state index is -0.917. The molecule has 138 valence electrons. The number of hydrogen-bond acceptors (Lipinski definition) is 4. The molecule has 0 unspecified atom stereocenters. The van der Waals surface area contributed by atoms with Crippen LogP contribution in [-0.4, -0.2) is 58.1 Å². The Labute approximate surface area is 153 Å². The maximum absolute atomic E-state index is 13.0. The SMILES string of the molecule is CN(Cc1ccc(F)cc1)C[C@@]1(O)CCN(C(=O)Cc2cccnc2)C1. The molecule has 2 aromatic rings. The topological polar surface area (TPSA) is 56.7 Å². The molecule has 3 rings (SSSR count). The number of carbonyl (C=O) groups is 1. The molecule has 1 aromatic carbocycles. The van der Waals surface area contributed by atoms with Crippen LogP contribution in [0.25, 0.3) is 0 Å². The summed E-state index contributed by atoms with van der Waals surface area (Å²) in [6, 6.07) is 10.1. The molecular formula is C20H24FN3O2. The molecule has 0 aliphatic carbocycles. The lowest BCUT2D eigenvalue weighted by Gasteiger charge is -2.29. The monoisotopic (exact) mass is 357 g/mol. The van der Waals surface area contributed by atoms with E-state index in [4.69, 9.17) is 0 Å². The standard InChI is InChI=1S/C20H24FN3O2/c1-23(13-16-4-6-18(21)7-5-16)14-20(26)8-10-24(15-20)19(25)11-17-3-2-9-22-12-17/h2-7,9,12,26H,8,10-11,13-15H2,1H3/t20-/m0/s1. The molecule has 0 bridgehead atoms. The van der Waals surface area contributed by atoms with Crippen LogP contribution in [0.5, 0.6) is 0 Å². The predicted octanol–water partition coefficient (Wildman–Crippen LogP) is 1.86. The van der Waals surface area contributed by atoms with Crippen LogP contribution in [0.15, 0.2) is 48.8 Å². The average Bonchev–Trinajstić information content (AvgIpc) is 2.99. The smallest absolute Gasteiger partial charge is 0.227 e. The Hall–Kier alpha value is -2.31. The van der Waals surface area contributed by atoms with Gasteiger partial charge in [-0.15, -0.1) is 0 Å².